The molecule has 0 aliphatic carbocycles. The Hall–Kier alpha value is -3.53. The number of ether oxygens (including phenoxy) is 1. The zero-order chi connectivity index (χ0) is 23.8. The van der Waals surface area contributed by atoms with Crippen LogP contribution in [0.4, 0.5) is 19.0 Å². The smallest absolute Gasteiger partial charge is 0.406 e. The largest absolute Gasteiger partial charge is 0.573 e. The number of nitrogens with zero attached hydrogens (tertiary/aromatic N) is 3. The molecule has 2 aromatic carbocycles. The van der Waals surface area contributed by atoms with Crippen LogP contribution in [-0.2, 0) is 16.6 Å². The summed E-state index contributed by atoms with van der Waals surface area (Å²) in [5, 5.41) is 0. The number of alkyl halides is 3. The first kappa shape index (κ1) is 22.7. The molecular weight excluding hydrogens is 455 g/mol. The molecular formula is C23H20F3N3O3S. The van der Waals surface area contributed by atoms with E-state index in [2.05, 4.69) is 9.72 Å². The van der Waals surface area contributed by atoms with Crippen molar-refractivity contribution in [2.24, 2.45) is 0 Å². The van der Waals surface area contributed by atoms with Crippen LogP contribution in [0.3, 0.4) is 0 Å². The van der Waals surface area contributed by atoms with E-state index in [0.717, 1.165) is 17.8 Å². The zero-order valence-corrected chi connectivity index (χ0v) is 18.6. The molecule has 0 radical (unpaired) electrons. The summed E-state index contributed by atoms with van der Waals surface area (Å²) in [5.74, 6) is -0.146. The number of anilines is 1. The minimum Gasteiger partial charge on any atom is -0.406 e. The SMILES string of the molecule is Cc1cccc2nc(N(Cc3ccc(OC(F)(F)F)cc3)S(=O)(=O)c3ccccc3)c(C)n12. The molecule has 0 N–H and O–H groups in total. The molecule has 0 saturated carbocycles. The van der Waals surface area contributed by atoms with Crippen molar-refractivity contribution in [3.63, 3.8) is 0 Å². The van der Waals surface area contributed by atoms with Crippen LogP contribution >= 0.6 is 0 Å². The van der Waals surface area contributed by atoms with Gasteiger partial charge in [0.05, 0.1) is 17.1 Å². The van der Waals surface area contributed by atoms with Gasteiger partial charge in [0.25, 0.3) is 10.0 Å². The fraction of sp³-hybridized carbons (Fsp3) is 0.174. The number of pyridine rings is 1. The molecule has 2 aromatic heterocycles. The van der Waals surface area contributed by atoms with Crippen molar-refractivity contribution in [2.45, 2.75) is 31.7 Å². The fourth-order valence-corrected chi connectivity index (χ4v) is 5.08. The van der Waals surface area contributed by atoms with Crippen LogP contribution in [0.2, 0.25) is 0 Å². The molecule has 0 aliphatic heterocycles. The standard InChI is InChI=1S/C23H20F3N3O3S/c1-16-7-6-10-21-27-22(17(2)29(16)21)28(33(30,31)20-8-4-3-5-9-20)15-18-11-13-19(14-12-18)32-23(24,25)26/h3-14H,15H2,1-2H3. The van der Waals surface area contributed by atoms with Gasteiger partial charge in [0.1, 0.15) is 11.4 Å². The van der Waals surface area contributed by atoms with Gasteiger partial charge in [0, 0.05) is 5.69 Å². The highest BCUT2D eigenvalue weighted by molar-refractivity contribution is 7.92. The van der Waals surface area contributed by atoms with Crippen LogP contribution in [0.25, 0.3) is 5.65 Å². The average Bonchev–Trinajstić information content (AvgIpc) is 3.10. The second kappa shape index (κ2) is 8.43. The molecule has 0 aliphatic rings. The number of fused-ring (bicyclic) bond motifs is 1. The first-order valence-corrected chi connectivity index (χ1v) is 11.4. The lowest BCUT2D eigenvalue weighted by atomic mass is 10.2. The van der Waals surface area contributed by atoms with Crippen LogP contribution in [0.5, 0.6) is 5.75 Å². The van der Waals surface area contributed by atoms with E-state index in [1.165, 1.54) is 28.6 Å². The van der Waals surface area contributed by atoms with Crippen molar-refractivity contribution >= 4 is 21.5 Å². The summed E-state index contributed by atoms with van der Waals surface area (Å²) < 4.78 is 71.6. The first-order valence-electron chi connectivity index (χ1n) is 9.93. The molecule has 0 saturated heterocycles. The highest BCUT2D eigenvalue weighted by Gasteiger charge is 2.32. The molecule has 0 atom stereocenters. The van der Waals surface area contributed by atoms with E-state index in [-0.39, 0.29) is 23.0 Å². The van der Waals surface area contributed by atoms with Crippen LogP contribution in [0.15, 0.2) is 77.7 Å². The maximum Gasteiger partial charge on any atom is 0.573 e. The summed E-state index contributed by atoms with van der Waals surface area (Å²) in [7, 11) is -4.03. The lowest BCUT2D eigenvalue weighted by Gasteiger charge is -2.23. The number of hydrogen-bond donors (Lipinski definition) is 0. The van der Waals surface area contributed by atoms with Gasteiger partial charge in [0.2, 0.25) is 0 Å². The fourth-order valence-electron chi connectivity index (χ4n) is 3.61. The minimum absolute atomic E-state index is 0.0789. The van der Waals surface area contributed by atoms with E-state index in [4.69, 9.17) is 0 Å². The number of hydrogen-bond acceptors (Lipinski definition) is 4. The number of imidazole rings is 1. The number of rotatable bonds is 6. The highest BCUT2D eigenvalue weighted by Crippen LogP contribution is 2.30. The van der Waals surface area contributed by atoms with Crippen molar-refractivity contribution in [2.75, 3.05) is 4.31 Å². The van der Waals surface area contributed by atoms with Crippen molar-refractivity contribution in [3.05, 3.63) is 89.7 Å². The Morgan fingerprint density at radius 2 is 1.61 bits per heavy atom. The van der Waals surface area contributed by atoms with Crippen molar-refractivity contribution in [1.82, 2.24) is 9.38 Å². The molecule has 0 bridgehead atoms. The average molecular weight is 475 g/mol. The summed E-state index contributed by atoms with van der Waals surface area (Å²) in [6, 6.07) is 18.5. The van der Waals surface area contributed by atoms with Crippen LogP contribution in [0.1, 0.15) is 17.0 Å². The van der Waals surface area contributed by atoms with E-state index in [9.17, 15) is 21.6 Å². The second-order valence-electron chi connectivity index (χ2n) is 7.40. The molecule has 4 rings (SSSR count). The Bertz CT molecular complexity index is 1380. The topological polar surface area (TPSA) is 63.9 Å². The molecule has 4 aromatic rings. The Balaban J connectivity index is 1.80. The number of benzene rings is 2. The van der Waals surface area contributed by atoms with E-state index in [0.29, 0.717) is 16.9 Å². The van der Waals surface area contributed by atoms with E-state index >= 15 is 0 Å². The van der Waals surface area contributed by atoms with E-state index in [1.807, 2.05) is 23.5 Å². The van der Waals surface area contributed by atoms with Gasteiger partial charge in [-0.05, 0) is 55.8 Å². The van der Waals surface area contributed by atoms with Gasteiger partial charge in [-0.2, -0.15) is 0 Å². The van der Waals surface area contributed by atoms with Gasteiger partial charge < -0.3 is 4.74 Å². The quantitative estimate of drug-likeness (QED) is 0.382. The third-order valence-electron chi connectivity index (χ3n) is 5.09. The number of halogens is 3. The molecule has 33 heavy (non-hydrogen) atoms. The van der Waals surface area contributed by atoms with Crippen LogP contribution < -0.4 is 9.04 Å². The van der Waals surface area contributed by atoms with Crippen molar-refractivity contribution < 1.29 is 26.3 Å². The number of aromatic nitrogens is 2. The van der Waals surface area contributed by atoms with Gasteiger partial charge in [0.15, 0.2) is 5.82 Å². The summed E-state index contributed by atoms with van der Waals surface area (Å²) in [6.07, 6.45) is -4.81. The third-order valence-corrected chi connectivity index (χ3v) is 6.84. The Labute approximate surface area is 188 Å². The predicted molar refractivity (Wildman–Crippen MR) is 118 cm³/mol. The van der Waals surface area contributed by atoms with E-state index < -0.39 is 16.4 Å². The molecule has 0 unspecified atom stereocenters. The van der Waals surface area contributed by atoms with Crippen molar-refractivity contribution in [3.8, 4) is 5.75 Å². The minimum atomic E-state index is -4.81. The van der Waals surface area contributed by atoms with Gasteiger partial charge in [-0.15, -0.1) is 13.2 Å². The summed E-state index contributed by atoms with van der Waals surface area (Å²) in [5.41, 5.74) is 2.57. The predicted octanol–water partition coefficient (Wildman–Crippen LogP) is 5.25. The molecule has 172 valence electrons. The molecule has 0 fully saturated rings. The number of aryl methyl sites for hydroxylation is 2. The Morgan fingerprint density at radius 1 is 0.939 bits per heavy atom. The lowest BCUT2D eigenvalue weighted by Crippen LogP contribution is -2.31. The monoisotopic (exact) mass is 475 g/mol. The normalized spacial score (nSPS) is 12.2. The highest BCUT2D eigenvalue weighted by atomic mass is 32.2. The third kappa shape index (κ3) is 4.65. The Morgan fingerprint density at radius 3 is 2.21 bits per heavy atom. The van der Waals surface area contributed by atoms with Gasteiger partial charge in [-0.25, -0.2) is 17.7 Å². The summed E-state index contributed by atoms with van der Waals surface area (Å²) in [4.78, 5) is 4.64. The lowest BCUT2D eigenvalue weighted by molar-refractivity contribution is -0.274. The van der Waals surface area contributed by atoms with Gasteiger partial charge >= 0.3 is 6.36 Å². The second-order valence-corrected chi connectivity index (χ2v) is 9.26. The maximum atomic E-state index is 13.6. The Kier molecular flexibility index (Phi) is 5.79. The van der Waals surface area contributed by atoms with Crippen molar-refractivity contribution in [1.29, 1.82) is 0 Å². The molecule has 6 nitrogen and oxygen atoms in total. The molecule has 2 heterocycles. The van der Waals surface area contributed by atoms with Gasteiger partial charge in [-0.1, -0.05) is 36.4 Å². The van der Waals surface area contributed by atoms with E-state index in [1.54, 1.807) is 31.2 Å². The zero-order valence-electron chi connectivity index (χ0n) is 17.7. The summed E-state index contributed by atoms with van der Waals surface area (Å²) in [6.45, 7) is 3.53. The molecule has 10 heteroatoms. The van der Waals surface area contributed by atoms with Crippen LogP contribution in [0, 0.1) is 13.8 Å². The molecule has 0 spiro atoms. The first-order chi connectivity index (χ1) is 15.6. The number of sulfonamides is 1. The maximum absolute atomic E-state index is 13.6. The van der Waals surface area contributed by atoms with Gasteiger partial charge in [-0.3, -0.25) is 4.40 Å². The van der Waals surface area contributed by atoms with Crippen LogP contribution in [-0.4, -0.2) is 24.2 Å². The summed E-state index contributed by atoms with van der Waals surface area (Å²) >= 11 is 0. The molecule has 0 amide bonds.